The number of rotatable bonds is 3. The zero-order valence-electron chi connectivity index (χ0n) is 22.6. The van der Waals surface area contributed by atoms with Crippen LogP contribution >= 0.6 is 23.2 Å². The Morgan fingerprint density at radius 3 is 1.61 bits per heavy atom. The van der Waals surface area contributed by atoms with Crippen molar-refractivity contribution in [3.8, 4) is 33.8 Å². The molecule has 2 aliphatic rings. The predicted octanol–water partition coefficient (Wildman–Crippen LogP) is 3.18. The number of aromatic hydroxyl groups is 2. The second kappa shape index (κ2) is 12.3. The van der Waals surface area contributed by atoms with Gasteiger partial charge in [0.1, 0.15) is 27.7 Å². The average Bonchev–Trinajstić information content (AvgIpc) is 3.22. The van der Waals surface area contributed by atoms with Gasteiger partial charge in [-0.25, -0.2) is 18.1 Å². The number of nitrogen functional groups attached to an aromatic ring is 1. The van der Waals surface area contributed by atoms with Crippen LogP contribution in [0.15, 0.2) is 33.9 Å². The quantitative estimate of drug-likeness (QED) is 0.129. The molecule has 0 atom stereocenters. The van der Waals surface area contributed by atoms with Crippen LogP contribution in [0.3, 0.4) is 0 Å². The predicted molar refractivity (Wildman–Crippen MR) is 154 cm³/mol. The lowest BCUT2D eigenvalue weighted by molar-refractivity contribution is -0.385. The van der Waals surface area contributed by atoms with Crippen molar-refractivity contribution < 1.29 is 33.4 Å². The third-order valence-corrected chi connectivity index (χ3v) is 7.82. The van der Waals surface area contributed by atoms with E-state index in [1.54, 1.807) is 4.68 Å². The fourth-order valence-electron chi connectivity index (χ4n) is 4.93. The highest BCUT2D eigenvalue weighted by atomic mass is 35.5. The first-order valence-electron chi connectivity index (χ1n) is 13.0. The minimum Gasteiger partial charge on any atom is -0.506 e. The highest BCUT2D eigenvalue weighted by molar-refractivity contribution is 6.32. The molecule has 4 heterocycles. The maximum Gasteiger partial charge on any atom is 0.311 e. The molecule has 0 bridgehead atoms. The number of benzene rings is 2. The van der Waals surface area contributed by atoms with Gasteiger partial charge in [-0.05, 0) is 6.07 Å². The van der Waals surface area contributed by atoms with Gasteiger partial charge in [-0.1, -0.05) is 23.2 Å². The fourth-order valence-corrected chi connectivity index (χ4v) is 5.64. The number of phenolic OH excluding ortho intramolecular Hbond substituents is 2. The van der Waals surface area contributed by atoms with Crippen molar-refractivity contribution in [2.45, 2.75) is 26.2 Å². The van der Waals surface area contributed by atoms with Crippen molar-refractivity contribution in [2.24, 2.45) is 0 Å². The maximum atomic E-state index is 14.2. The van der Waals surface area contributed by atoms with E-state index < -0.39 is 39.1 Å². The monoisotopic (exact) mass is 656 g/mol. The van der Waals surface area contributed by atoms with Crippen molar-refractivity contribution in [3.63, 3.8) is 0 Å². The van der Waals surface area contributed by atoms with Crippen LogP contribution in [0.5, 0.6) is 11.5 Å². The molecule has 4 aromatic rings. The van der Waals surface area contributed by atoms with Gasteiger partial charge in [0.15, 0.2) is 5.75 Å². The molecule has 0 amide bonds. The summed E-state index contributed by atoms with van der Waals surface area (Å²) >= 11 is 12.4. The molecule has 2 aromatic carbocycles. The number of anilines is 1. The van der Waals surface area contributed by atoms with Crippen LogP contribution in [0, 0.1) is 21.7 Å². The second-order valence-corrected chi connectivity index (χ2v) is 10.3. The Balaban J connectivity index is 0.000000175. The minimum absolute atomic E-state index is 0.0170. The van der Waals surface area contributed by atoms with Crippen LogP contribution in [0.4, 0.5) is 20.2 Å². The molecule has 0 unspecified atom stereocenters. The first-order chi connectivity index (χ1) is 20.9. The third kappa shape index (κ3) is 5.52. The van der Waals surface area contributed by atoms with Gasteiger partial charge in [0.2, 0.25) is 0 Å². The zero-order valence-corrected chi connectivity index (χ0v) is 24.1. The molecule has 2 aliphatic heterocycles. The number of nitrogens with zero attached hydrogens (tertiary/aromatic N) is 5. The van der Waals surface area contributed by atoms with E-state index in [0.717, 1.165) is 12.1 Å². The summed E-state index contributed by atoms with van der Waals surface area (Å²) in [6.45, 7) is 2.74. The Morgan fingerprint density at radius 1 is 0.750 bits per heavy atom. The lowest BCUT2D eigenvalue weighted by atomic mass is 10.1. The number of nitro groups is 1. The Morgan fingerprint density at radius 2 is 1.16 bits per heavy atom. The number of ether oxygens (including phenoxy) is 2. The van der Waals surface area contributed by atoms with Gasteiger partial charge in [0, 0.05) is 29.3 Å². The summed E-state index contributed by atoms with van der Waals surface area (Å²) in [5, 5.41) is 29.9. The molecule has 234 valence electrons. The summed E-state index contributed by atoms with van der Waals surface area (Å²) in [6.07, 6.45) is 0. The number of hydrogen-bond donors (Lipinski definition) is 3. The van der Waals surface area contributed by atoms with Gasteiger partial charge in [-0.3, -0.25) is 29.1 Å². The summed E-state index contributed by atoms with van der Waals surface area (Å²) in [4.78, 5) is 35.0. The average molecular weight is 657 g/mol. The smallest absolute Gasteiger partial charge is 0.311 e. The van der Waals surface area contributed by atoms with E-state index in [1.165, 1.54) is 20.1 Å². The highest BCUT2D eigenvalue weighted by Gasteiger charge is 2.27. The van der Waals surface area contributed by atoms with Crippen molar-refractivity contribution >= 4 is 34.6 Å². The Hall–Kier alpha value is -4.38. The number of nitro benzene ring substituents is 1. The topological polar surface area (TPSA) is 182 Å². The van der Waals surface area contributed by atoms with Gasteiger partial charge in [-0.2, -0.15) is 0 Å². The molecule has 44 heavy (non-hydrogen) atoms. The van der Waals surface area contributed by atoms with E-state index in [9.17, 15) is 38.7 Å². The van der Waals surface area contributed by atoms with Crippen LogP contribution in [-0.2, 0) is 35.7 Å². The fraction of sp³-hybridized carbons (Fsp3) is 0.308. The SMILES string of the molecule is Nc1cc(-c2c(Cl)n3n(c2=O)CCOCC3)c(F)cc1O.O=c1c(-c2cc([N+](=O)[O-])c(O)cc2F)c(Cl)n2n1CCOCC2. The molecule has 0 saturated carbocycles. The molecule has 0 fully saturated rings. The van der Waals surface area contributed by atoms with Crippen molar-refractivity contribution in [3.05, 3.63) is 77.0 Å². The molecule has 2 aromatic heterocycles. The van der Waals surface area contributed by atoms with Gasteiger partial charge in [0.25, 0.3) is 11.1 Å². The summed E-state index contributed by atoms with van der Waals surface area (Å²) in [6, 6.07) is 3.49. The van der Waals surface area contributed by atoms with Crippen LogP contribution in [0.2, 0.25) is 10.3 Å². The van der Waals surface area contributed by atoms with Gasteiger partial charge in [0.05, 0.1) is 74.3 Å². The molecule has 14 nitrogen and oxygen atoms in total. The number of aromatic nitrogens is 4. The van der Waals surface area contributed by atoms with Gasteiger partial charge >= 0.3 is 5.69 Å². The van der Waals surface area contributed by atoms with E-state index in [1.807, 2.05) is 0 Å². The molecule has 18 heteroatoms. The lowest BCUT2D eigenvalue weighted by Gasteiger charge is -2.06. The molecule has 4 N–H and O–H groups in total. The second-order valence-electron chi connectivity index (χ2n) is 9.63. The van der Waals surface area contributed by atoms with Crippen LogP contribution in [0.1, 0.15) is 0 Å². The number of phenols is 2. The molecule has 0 spiro atoms. The normalized spacial score (nSPS) is 14.5. The molecular weight excluding hydrogens is 633 g/mol. The summed E-state index contributed by atoms with van der Waals surface area (Å²) in [5.74, 6) is -2.91. The number of nitrogens with two attached hydrogens (primary N) is 1. The Labute approximate surface area is 255 Å². The summed E-state index contributed by atoms with van der Waals surface area (Å²) < 4.78 is 44.5. The standard InChI is InChI=1S/C13H11ClFN3O5.C13H13ClFN3O3/c14-12-11(13(20)17-2-4-23-3-1-16(12)17)7-5-9(18(21)22)10(19)6-8(7)15;14-12-11(7-5-9(16)10(19)6-8(7)15)13(20)18-2-4-21-3-1-17(12)18/h5-6,19H,1-4H2;5-6,19H,1-4,16H2. The lowest BCUT2D eigenvalue weighted by Crippen LogP contribution is -2.23. The molecule has 0 radical (unpaired) electrons. The largest absolute Gasteiger partial charge is 0.506 e. The number of hydrogen-bond acceptors (Lipinski definition) is 9. The molecular formula is C26H24Cl2F2N6O8. The third-order valence-electron chi connectivity index (χ3n) is 7.05. The summed E-state index contributed by atoms with van der Waals surface area (Å²) in [7, 11) is 0. The maximum absolute atomic E-state index is 14.2. The van der Waals surface area contributed by atoms with E-state index >= 15 is 0 Å². The van der Waals surface area contributed by atoms with Crippen molar-refractivity contribution in [2.75, 3.05) is 32.2 Å². The van der Waals surface area contributed by atoms with Crippen LogP contribution in [-0.4, -0.2) is 60.3 Å². The highest BCUT2D eigenvalue weighted by Crippen LogP contribution is 2.36. The van der Waals surface area contributed by atoms with E-state index in [2.05, 4.69) is 0 Å². The van der Waals surface area contributed by atoms with E-state index in [-0.39, 0.29) is 50.5 Å². The van der Waals surface area contributed by atoms with Crippen LogP contribution in [0.25, 0.3) is 22.3 Å². The zero-order chi connectivity index (χ0) is 31.9. The first kappa shape index (κ1) is 31.1. The molecule has 0 saturated heterocycles. The van der Waals surface area contributed by atoms with E-state index in [0.29, 0.717) is 52.1 Å². The molecule has 0 aliphatic carbocycles. The minimum atomic E-state index is -0.968. The first-order valence-corrected chi connectivity index (χ1v) is 13.8. The van der Waals surface area contributed by atoms with Gasteiger partial charge in [-0.15, -0.1) is 0 Å². The Kier molecular flexibility index (Phi) is 8.69. The van der Waals surface area contributed by atoms with E-state index in [4.69, 9.17) is 38.4 Å². The number of halogens is 4. The van der Waals surface area contributed by atoms with Gasteiger partial charge < -0.3 is 25.4 Å². The molecule has 6 rings (SSSR count). The Bertz CT molecular complexity index is 1900. The van der Waals surface area contributed by atoms with Crippen LogP contribution < -0.4 is 16.9 Å². The van der Waals surface area contributed by atoms with Crippen molar-refractivity contribution in [1.82, 2.24) is 18.7 Å². The summed E-state index contributed by atoms with van der Waals surface area (Å²) in [5.41, 5.74) is 3.41. The number of fused-ring (bicyclic) bond motifs is 2. The van der Waals surface area contributed by atoms with Crippen molar-refractivity contribution in [1.29, 1.82) is 0 Å².